The Labute approximate surface area is 91.7 Å². The van der Waals surface area contributed by atoms with Crippen LogP contribution in [0, 0.1) is 5.92 Å². The van der Waals surface area contributed by atoms with Gasteiger partial charge in [-0.3, -0.25) is 0 Å². The zero-order valence-electron chi connectivity index (χ0n) is 9.46. The number of aliphatic carboxylic acids is 1. The van der Waals surface area contributed by atoms with E-state index in [1.54, 1.807) is 6.92 Å². The Morgan fingerprint density at radius 3 is 2.47 bits per heavy atom. The Hall–Kier alpha value is -1.05. The lowest BCUT2D eigenvalue weighted by atomic mass is 9.80. The number of rotatable bonds is 4. The zero-order valence-corrected chi connectivity index (χ0v) is 9.46. The van der Waals surface area contributed by atoms with Crippen molar-refractivity contribution in [2.24, 2.45) is 5.92 Å². The molecule has 15 heavy (non-hydrogen) atoms. The van der Waals surface area contributed by atoms with Gasteiger partial charge < -0.3 is 5.11 Å². The first kappa shape index (κ1) is 12.0. The van der Waals surface area contributed by atoms with Crippen LogP contribution in [0.4, 0.5) is 0 Å². The minimum atomic E-state index is -0.780. The minimum absolute atomic E-state index is 0.479. The van der Waals surface area contributed by atoms with Gasteiger partial charge in [0.1, 0.15) is 0 Å². The highest BCUT2D eigenvalue weighted by molar-refractivity contribution is 5.86. The van der Waals surface area contributed by atoms with E-state index in [1.165, 1.54) is 19.3 Å². The molecule has 0 aromatic rings. The van der Waals surface area contributed by atoms with E-state index in [2.05, 4.69) is 6.58 Å². The lowest BCUT2D eigenvalue weighted by molar-refractivity contribution is -0.132. The third-order valence-electron chi connectivity index (χ3n) is 3.26. The molecule has 2 heteroatoms. The Morgan fingerprint density at radius 2 is 2.00 bits per heavy atom. The van der Waals surface area contributed by atoms with Crippen LogP contribution >= 0.6 is 0 Å². The van der Waals surface area contributed by atoms with E-state index in [-0.39, 0.29) is 0 Å². The normalized spacial score (nSPS) is 19.5. The van der Waals surface area contributed by atoms with Crippen molar-refractivity contribution in [2.75, 3.05) is 0 Å². The van der Waals surface area contributed by atoms with Gasteiger partial charge in [0.2, 0.25) is 0 Å². The highest BCUT2D eigenvalue weighted by Crippen LogP contribution is 2.33. The molecule has 1 aliphatic carbocycles. The van der Waals surface area contributed by atoms with Crippen LogP contribution in [0.5, 0.6) is 0 Å². The number of carboxylic acid groups (broad SMARTS) is 1. The van der Waals surface area contributed by atoms with Crippen molar-refractivity contribution in [3.8, 4) is 0 Å². The van der Waals surface area contributed by atoms with Gasteiger partial charge in [-0.1, -0.05) is 30.9 Å². The Morgan fingerprint density at radius 1 is 1.40 bits per heavy atom. The second kappa shape index (κ2) is 5.74. The highest BCUT2D eigenvalue weighted by atomic mass is 16.4. The third-order valence-corrected chi connectivity index (χ3v) is 3.26. The van der Waals surface area contributed by atoms with E-state index in [0.29, 0.717) is 11.5 Å². The van der Waals surface area contributed by atoms with Crippen LogP contribution in [0.3, 0.4) is 0 Å². The largest absolute Gasteiger partial charge is 0.478 e. The molecule has 0 aromatic carbocycles. The number of carboxylic acids is 1. The third kappa shape index (κ3) is 3.22. The van der Waals surface area contributed by atoms with Crippen molar-refractivity contribution in [1.29, 1.82) is 0 Å². The van der Waals surface area contributed by atoms with Crippen molar-refractivity contribution < 1.29 is 9.90 Å². The quantitative estimate of drug-likeness (QED) is 0.566. The lowest BCUT2D eigenvalue weighted by Crippen LogP contribution is -2.13. The van der Waals surface area contributed by atoms with Crippen LogP contribution in [0.2, 0.25) is 0 Å². The molecule has 2 nitrogen and oxygen atoms in total. The summed E-state index contributed by atoms with van der Waals surface area (Å²) >= 11 is 0. The van der Waals surface area contributed by atoms with Crippen molar-refractivity contribution in [3.05, 3.63) is 23.8 Å². The minimum Gasteiger partial charge on any atom is -0.478 e. The summed E-state index contributed by atoms with van der Waals surface area (Å²) in [5, 5.41) is 9.02. The molecule has 0 bridgehead atoms. The molecule has 0 heterocycles. The summed E-state index contributed by atoms with van der Waals surface area (Å²) in [6, 6.07) is 0. The Bertz CT molecular complexity index is 270. The second-order valence-corrected chi connectivity index (χ2v) is 4.28. The molecular formula is C13H20O2. The molecule has 1 N–H and O–H groups in total. The molecule has 0 amide bonds. The molecule has 0 unspecified atom stereocenters. The van der Waals surface area contributed by atoms with Gasteiger partial charge in [-0.15, -0.1) is 6.58 Å². The molecule has 0 spiro atoms. The number of hydrogen-bond acceptors (Lipinski definition) is 1. The molecule has 0 radical (unpaired) electrons. The fourth-order valence-corrected chi connectivity index (χ4v) is 2.37. The molecule has 0 atom stereocenters. The summed E-state index contributed by atoms with van der Waals surface area (Å²) in [7, 11) is 0. The van der Waals surface area contributed by atoms with Gasteiger partial charge in [-0.05, 0) is 32.1 Å². The Kier molecular flexibility index (Phi) is 4.60. The van der Waals surface area contributed by atoms with Crippen LogP contribution in [0.25, 0.3) is 0 Å². The summed E-state index contributed by atoms with van der Waals surface area (Å²) in [6.45, 7) is 5.43. The average molecular weight is 208 g/mol. The monoisotopic (exact) mass is 208 g/mol. The molecular weight excluding hydrogens is 188 g/mol. The maximum absolute atomic E-state index is 11.0. The first-order valence-electron chi connectivity index (χ1n) is 5.70. The molecule has 84 valence electrons. The standard InChI is InChI=1S/C13H20O2/c1-3-7-12(10(2)13(14)15)11-8-5-4-6-9-11/h3,11H,1,4-9H2,2H3,(H,14,15). The fourth-order valence-electron chi connectivity index (χ4n) is 2.37. The Balaban J connectivity index is 2.84. The average Bonchev–Trinajstić information content (AvgIpc) is 2.26. The maximum atomic E-state index is 11.0. The predicted molar refractivity (Wildman–Crippen MR) is 61.7 cm³/mol. The van der Waals surface area contributed by atoms with E-state index >= 15 is 0 Å². The van der Waals surface area contributed by atoms with E-state index in [4.69, 9.17) is 5.11 Å². The summed E-state index contributed by atoms with van der Waals surface area (Å²) in [4.78, 5) is 11.0. The first-order chi connectivity index (χ1) is 7.16. The number of hydrogen-bond donors (Lipinski definition) is 1. The summed E-state index contributed by atoms with van der Waals surface area (Å²) < 4.78 is 0. The van der Waals surface area contributed by atoms with Crippen molar-refractivity contribution >= 4 is 5.97 Å². The topological polar surface area (TPSA) is 37.3 Å². The number of carbonyl (C=O) groups is 1. The molecule has 1 rings (SSSR count). The van der Waals surface area contributed by atoms with E-state index in [0.717, 1.165) is 24.8 Å². The van der Waals surface area contributed by atoms with Gasteiger partial charge in [0.25, 0.3) is 0 Å². The van der Waals surface area contributed by atoms with Gasteiger partial charge in [-0.2, -0.15) is 0 Å². The molecule has 1 fully saturated rings. The highest BCUT2D eigenvalue weighted by Gasteiger charge is 2.20. The molecule has 0 saturated heterocycles. The maximum Gasteiger partial charge on any atom is 0.331 e. The van der Waals surface area contributed by atoms with Crippen LogP contribution < -0.4 is 0 Å². The van der Waals surface area contributed by atoms with Crippen molar-refractivity contribution in [3.63, 3.8) is 0 Å². The van der Waals surface area contributed by atoms with E-state index in [1.807, 2.05) is 6.08 Å². The van der Waals surface area contributed by atoms with Crippen molar-refractivity contribution in [1.82, 2.24) is 0 Å². The van der Waals surface area contributed by atoms with Crippen molar-refractivity contribution in [2.45, 2.75) is 45.4 Å². The second-order valence-electron chi connectivity index (χ2n) is 4.28. The van der Waals surface area contributed by atoms with E-state index < -0.39 is 5.97 Å². The zero-order chi connectivity index (χ0) is 11.3. The first-order valence-corrected chi connectivity index (χ1v) is 5.70. The van der Waals surface area contributed by atoms with Gasteiger partial charge in [0.15, 0.2) is 0 Å². The van der Waals surface area contributed by atoms with Crippen LogP contribution in [-0.2, 0) is 4.79 Å². The summed E-state index contributed by atoms with van der Waals surface area (Å²) in [5.74, 6) is -0.301. The SMILES string of the molecule is C=CCC(=C(C)C(=O)O)C1CCCCC1. The fraction of sp³-hybridized carbons (Fsp3) is 0.615. The molecule has 1 aliphatic rings. The van der Waals surface area contributed by atoms with Gasteiger partial charge in [0.05, 0.1) is 0 Å². The molecule has 0 aliphatic heterocycles. The van der Waals surface area contributed by atoms with Gasteiger partial charge in [0, 0.05) is 5.57 Å². The van der Waals surface area contributed by atoms with Gasteiger partial charge >= 0.3 is 5.97 Å². The van der Waals surface area contributed by atoms with Crippen LogP contribution in [-0.4, -0.2) is 11.1 Å². The summed E-state index contributed by atoms with van der Waals surface area (Å²) in [5.41, 5.74) is 1.62. The van der Waals surface area contributed by atoms with Crippen LogP contribution in [0.1, 0.15) is 45.4 Å². The molecule has 0 aromatic heterocycles. The van der Waals surface area contributed by atoms with E-state index in [9.17, 15) is 4.79 Å². The predicted octanol–water partition coefficient (Wildman–Crippen LogP) is 3.54. The van der Waals surface area contributed by atoms with Gasteiger partial charge in [-0.25, -0.2) is 4.79 Å². The van der Waals surface area contributed by atoms with Crippen LogP contribution in [0.15, 0.2) is 23.8 Å². The smallest absolute Gasteiger partial charge is 0.331 e. The lowest BCUT2D eigenvalue weighted by Gasteiger charge is -2.25. The summed E-state index contributed by atoms with van der Waals surface area (Å²) in [6.07, 6.45) is 8.60. The molecule has 1 saturated carbocycles. The number of allylic oxidation sites excluding steroid dienone is 2.